The number of methoxy groups -OCH3 is 1. The van der Waals surface area contributed by atoms with Crippen LogP contribution in [0.2, 0.25) is 0 Å². The summed E-state index contributed by atoms with van der Waals surface area (Å²) in [6, 6.07) is 0. The SMILES string of the molecule is COC(=O)[C@@H]1C[C@@H]2CC[C@H]1C(=O)C2. The van der Waals surface area contributed by atoms with Gasteiger partial charge in [-0.25, -0.2) is 0 Å². The van der Waals surface area contributed by atoms with Gasteiger partial charge in [-0.3, -0.25) is 9.59 Å². The van der Waals surface area contributed by atoms with Gasteiger partial charge >= 0.3 is 5.97 Å². The fraction of sp³-hybridized carbons (Fsp3) is 0.800. The third-order valence-corrected chi connectivity index (χ3v) is 3.37. The van der Waals surface area contributed by atoms with Crippen molar-refractivity contribution in [3.8, 4) is 0 Å². The number of esters is 1. The smallest absolute Gasteiger partial charge is 0.309 e. The third-order valence-electron chi connectivity index (χ3n) is 3.37. The molecule has 0 spiro atoms. The maximum Gasteiger partial charge on any atom is 0.309 e. The zero-order chi connectivity index (χ0) is 9.42. The van der Waals surface area contributed by atoms with Crippen LogP contribution < -0.4 is 0 Å². The molecule has 3 saturated carbocycles. The van der Waals surface area contributed by atoms with E-state index < -0.39 is 0 Å². The molecule has 0 amide bonds. The number of fused-ring (bicyclic) bond motifs is 3. The van der Waals surface area contributed by atoms with Gasteiger partial charge in [0, 0.05) is 12.3 Å². The zero-order valence-electron chi connectivity index (χ0n) is 7.79. The lowest BCUT2D eigenvalue weighted by Crippen LogP contribution is -2.42. The Kier molecular flexibility index (Phi) is 2.10. The highest BCUT2D eigenvalue weighted by Gasteiger charge is 2.44. The van der Waals surface area contributed by atoms with Gasteiger partial charge in [-0.1, -0.05) is 0 Å². The van der Waals surface area contributed by atoms with Gasteiger partial charge in [-0.05, 0) is 25.2 Å². The van der Waals surface area contributed by atoms with Gasteiger partial charge in [-0.2, -0.15) is 0 Å². The van der Waals surface area contributed by atoms with Crippen LogP contribution in [-0.4, -0.2) is 18.9 Å². The van der Waals surface area contributed by atoms with Crippen LogP contribution in [0.15, 0.2) is 0 Å². The Morgan fingerprint density at radius 1 is 1.46 bits per heavy atom. The van der Waals surface area contributed by atoms with Crippen LogP contribution in [0.25, 0.3) is 0 Å². The van der Waals surface area contributed by atoms with Crippen molar-refractivity contribution in [2.75, 3.05) is 7.11 Å². The van der Waals surface area contributed by atoms with E-state index in [-0.39, 0.29) is 23.6 Å². The highest BCUT2D eigenvalue weighted by molar-refractivity contribution is 5.88. The molecule has 0 saturated heterocycles. The molecule has 3 rings (SSSR count). The highest BCUT2D eigenvalue weighted by Crippen LogP contribution is 2.43. The Hall–Kier alpha value is -0.860. The average Bonchev–Trinajstić information content (AvgIpc) is 2.17. The van der Waals surface area contributed by atoms with Crippen LogP contribution in [-0.2, 0) is 14.3 Å². The molecule has 3 atom stereocenters. The molecule has 0 heterocycles. The van der Waals surface area contributed by atoms with Crippen molar-refractivity contribution < 1.29 is 14.3 Å². The average molecular weight is 182 g/mol. The number of hydrogen-bond donors (Lipinski definition) is 0. The van der Waals surface area contributed by atoms with E-state index in [1.165, 1.54) is 7.11 Å². The zero-order valence-corrected chi connectivity index (χ0v) is 7.79. The van der Waals surface area contributed by atoms with Crippen LogP contribution in [0.1, 0.15) is 25.7 Å². The summed E-state index contributed by atoms with van der Waals surface area (Å²) in [4.78, 5) is 22.8. The summed E-state index contributed by atoms with van der Waals surface area (Å²) in [5.41, 5.74) is 0. The molecule has 0 aliphatic heterocycles. The topological polar surface area (TPSA) is 43.4 Å². The Labute approximate surface area is 77.4 Å². The van der Waals surface area contributed by atoms with Gasteiger partial charge in [0.1, 0.15) is 5.78 Å². The van der Waals surface area contributed by atoms with Crippen LogP contribution in [0, 0.1) is 17.8 Å². The maximum absolute atomic E-state index is 11.5. The summed E-state index contributed by atoms with van der Waals surface area (Å²) < 4.78 is 4.70. The van der Waals surface area contributed by atoms with E-state index in [2.05, 4.69) is 0 Å². The Balaban J connectivity index is 2.14. The van der Waals surface area contributed by atoms with Crippen molar-refractivity contribution >= 4 is 11.8 Å². The lowest BCUT2D eigenvalue weighted by molar-refractivity contribution is -0.156. The predicted octanol–water partition coefficient (Wildman–Crippen LogP) is 1.16. The molecule has 2 bridgehead atoms. The first-order valence-electron chi connectivity index (χ1n) is 4.83. The molecular weight excluding hydrogens is 168 g/mol. The molecule has 3 heteroatoms. The van der Waals surface area contributed by atoms with Gasteiger partial charge in [0.25, 0.3) is 0 Å². The van der Waals surface area contributed by atoms with Crippen LogP contribution in [0.5, 0.6) is 0 Å². The molecule has 3 aliphatic rings. The van der Waals surface area contributed by atoms with E-state index >= 15 is 0 Å². The van der Waals surface area contributed by atoms with Crippen molar-refractivity contribution in [3.05, 3.63) is 0 Å². The fourth-order valence-electron chi connectivity index (χ4n) is 2.68. The monoisotopic (exact) mass is 182 g/mol. The third kappa shape index (κ3) is 1.36. The van der Waals surface area contributed by atoms with Crippen molar-refractivity contribution in [2.45, 2.75) is 25.7 Å². The number of Topliss-reactive ketones (excluding diaryl/α,β-unsaturated/α-hetero) is 1. The lowest BCUT2D eigenvalue weighted by atomic mass is 9.64. The quantitative estimate of drug-likeness (QED) is 0.571. The molecule has 0 aromatic heterocycles. The standard InChI is InChI=1S/C10H14O3/c1-13-10(12)8-4-6-2-3-7(8)9(11)5-6/h6-8H,2-5H2,1H3/t6-,7+,8+/m0/s1. The van der Waals surface area contributed by atoms with Gasteiger partial charge in [0.2, 0.25) is 0 Å². The fourth-order valence-corrected chi connectivity index (χ4v) is 2.68. The first-order chi connectivity index (χ1) is 6.22. The molecule has 3 nitrogen and oxygen atoms in total. The van der Waals surface area contributed by atoms with Gasteiger partial charge < -0.3 is 4.74 Å². The molecule has 0 aromatic rings. The summed E-state index contributed by atoms with van der Waals surface area (Å²) in [6.45, 7) is 0. The van der Waals surface area contributed by atoms with E-state index in [9.17, 15) is 9.59 Å². The van der Waals surface area contributed by atoms with Crippen molar-refractivity contribution in [3.63, 3.8) is 0 Å². The summed E-state index contributed by atoms with van der Waals surface area (Å²) in [5, 5.41) is 0. The second kappa shape index (κ2) is 3.13. The van der Waals surface area contributed by atoms with Crippen molar-refractivity contribution in [1.29, 1.82) is 0 Å². The lowest BCUT2D eigenvalue weighted by Gasteiger charge is -2.39. The van der Waals surface area contributed by atoms with E-state index in [1.807, 2.05) is 0 Å². The van der Waals surface area contributed by atoms with E-state index in [0.717, 1.165) is 19.3 Å². The molecule has 13 heavy (non-hydrogen) atoms. The van der Waals surface area contributed by atoms with Gasteiger partial charge in [0.15, 0.2) is 0 Å². The summed E-state index contributed by atoms with van der Waals surface area (Å²) >= 11 is 0. The first kappa shape index (κ1) is 8.73. The second-order valence-corrected chi connectivity index (χ2v) is 4.09. The van der Waals surface area contributed by atoms with E-state index in [4.69, 9.17) is 4.74 Å². The second-order valence-electron chi connectivity index (χ2n) is 4.09. The highest BCUT2D eigenvalue weighted by atomic mass is 16.5. The minimum absolute atomic E-state index is 0.0301. The van der Waals surface area contributed by atoms with Crippen LogP contribution in [0.4, 0.5) is 0 Å². The Bertz CT molecular complexity index is 247. The molecular formula is C10H14O3. The first-order valence-corrected chi connectivity index (χ1v) is 4.83. The van der Waals surface area contributed by atoms with Crippen molar-refractivity contribution in [2.24, 2.45) is 17.8 Å². The maximum atomic E-state index is 11.5. The van der Waals surface area contributed by atoms with Gasteiger partial charge in [0.05, 0.1) is 13.0 Å². The van der Waals surface area contributed by atoms with E-state index in [1.54, 1.807) is 0 Å². The van der Waals surface area contributed by atoms with Crippen LogP contribution >= 0.6 is 0 Å². The molecule has 0 aromatic carbocycles. The normalized spacial score (nSPS) is 37.6. The van der Waals surface area contributed by atoms with Gasteiger partial charge in [-0.15, -0.1) is 0 Å². The van der Waals surface area contributed by atoms with E-state index in [0.29, 0.717) is 12.3 Å². The number of rotatable bonds is 1. The minimum atomic E-state index is -0.192. The molecule has 72 valence electrons. The Morgan fingerprint density at radius 2 is 2.23 bits per heavy atom. The number of carbonyl (C=O) groups excluding carboxylic acids is 2. The number of ketones is 1. The molecule has 0 N–H and O–H groups in total. The molecule has 0 radical (unpaired) electrons. The largest absolute Gasteiger partial charge is 0.469 e. The number of carbonyl (C=O) groups is 2. The molecule has 0 unspecified atom stereocenters. The summed E-state index contributed by atoms with van der Waals surface area (Å²) in [6.07, 6.45) is 3.56. The molecule has 3 fully saturated rings. The summed E-state index contributed by atoms with van der Waals surface area (Å²) in [5.74, 6) is 0.365. The predicted molar refractivity (Wildman–Crippen MR) is 46.0 cm³/mol. The number of hydrogen-bond acceptors (Lipinski definition) is 3. The minimum Gasteiger partial charge on any atom is -0.469 e. The number of ether oxygens (including phenoxy) is 1. The van der Waals surface area contributed by atoms with Crippen LogP contribution in [0.3, 0.4) is 0 Å². The molecule has 3 aliphatic carbocycles. The summed E-state index contributed by atoms with van der Waals surface area (Å²) in [7, 11) is 1.40. The van der Waals surface area contributed by atoms with Crippen molar-refractivity contribution in [1.82, 2.24) is 0 Å². The Morgan fingerprint density at radius 3 is 2.77 bits per heavy atom.